The van der Waals surface area contributed by atoms with Crippen molar-refractivity contribution in [2.24, 2.45) is 5.73 Å². The number of hydrogen-bond acceptors (Lipinski definition) is 6. The third-order valence-corrected chi connectivity index (χ3v) is 3.21. The molecule has 3 N–H and O–H groups in total. The Morgan fingerprint density at radius 1 is 1.56 bits per heavy atom. The number of methoxy groups -OCH3 is 1. The van der Waals surface area contributed by atoms with E-state index in [1.165, 1.54) is 18.4 Å². The van der Waals surface area contributed by atoms with Crippen LogP contribution in [0.1, 0.15) is 11.7 Å². The zero-order chi connectivity index (χ0) is 13.1. The summed E-state index contributed by atoms with van der Waals surface area (Å²) in [5, 5.41) is 11.1. The Balaban J connectivity index is 2.26. The van der Waals surface area contributed by atoms with Gasteiger partial charge in [-0.1, -0.05) is 0 Å². The fourth-order valence-corrected chi connectivity index (χ4v) is 2.16. The average Bonchev–Trinajstić information content (AvgIpc) is 2.87. The van der Waals surface area contributed by atoms with Crippen LogP contribution in [0.3, 0.4) is 0 Å². The molecule has 94 valence electrons. The molecule has 0 amide bonds. The zero-order valence-electron chi connectivity index (χ0n) is 9.53. The number of nitrogens with two attached hydrogens (primary N) is 1. The highest BCUT2D eigenvalue weighted by Gasteiger charge is 2.18. The van der Waals surface area contributed by atoms with Crippen LogP contribution in [0, 0.1) is 0 Å². The quantitative estimate of drug-likeness (QED) is 0.864. The minimum absolute atomic E-state index is 0.346. The van der Waals surface area contributed by atoms with Gasteiger partial charge >= 0.3 is 5.97 Å². The van der Waals surface area contributed by atoms with Crippen LogP contribution in [0.15, 0.2) is 23.7 Å². The standard InChI is InChI=1S/C11H11N3O3S/c1-17-8-3-2-6(4-13-8)10-14-7(5-18-10)9(12)11(15)16/h2-5,9H,12H2,1H3,(H,15,16). The van der Waals surface area contributed by atoms with Crippen LogP contribution in [0.25, 0.3) is 10.6 Å². The Morgan fingerprint density at radius 2 is 2.33 bits per heavy atom. The number of hydrogen-bond donors (Lipinski definition) is 2. The second kappa shape index (κ2) is 5.11. The maximum absolute atomic E-state index is 10.7. The molecule has 0 fully saturated rings. The fraction of sp³-hybridized carbons (Fsp3) is 0.182. The maximum atomic E-state index is 10.7. The van der Waals surface area contributed by atoms with Gasteiger partial charge in [-0.3, -0.25) is 4.79 Å². The van der Waals surface area contributed by atoms with Crippen LogP contribution in [-0.2, 0) is 4.79 Å². The molecule has 2 rings (SSSR count). The first-order valence-electron chi connectivity index (χ1n) is 5.06. The Morgan fingerprint density at radius 3 is 2.89 bits per heavy atom. The van der Waals surface area contributed by atoms with Gasteiger partial charge in [-0.2, -0.15) is 0 Å². The summed E-state index contributed by atoms with van der Waals surface area (Å²) in [7, 11) is 1.54. The van der Waals surface area contributed by atoms with Crippen molar-refractivity contribution in [2.75, 3.05) is 7.11 Å². The number of rotatable bonds is 4. The van der Waals surface area contributed by atoms with Crippen LogP contribution < -0.4 is 10.5 Å². The van der Waals surface area contributed by atoms with Crippen molar-refractivity contribution in [3.8, 4) is 16.5 Å². The lowest BCUT2D eigenvalue weighted by molar-refractivity contribution is -0.138. The number of carboxylic acid groups (broad SMARTS) is 1. The third kappa shape index (κ3) is 2.47. The number of aromatic nitrogens is 2. The van der Waals surface area contributed by atoms with Gasteiger partial charge in [-0.05, 0) is 6.07 Å². The van der Waals surface area contributed by atoms with Crippen LogP contribution in [0.4, 0.5) is 0 Å². The van der Waals surface area contributed by atoms with Gasteiger partial charge in [-0.25, -0.2) is 9.97 Å². The highest BCUT2D eigenvalue weighted by atomic mass is 32.1. The molecule has 0 bridgehead atoms. The highest BCUT2D eigenvalue weighted by molar-refractivity contribution is 7.13. The molecule has 2 aromatic rings. The van der Waals surface area contributed by atoms with E-state index in [4.69, 9.17) is 15.6 Å². The molecule has 0 radical (unpaired) electrons. The molecule has 18 heavy (non-hydrogen) atoms. The normalized spacial score (nSPS) is 12.1. The molecule has 0 aliphatic rings. The lowest BCUT2D eigenvalue weighted by Gasteiger charge is -2.01. The second-order valence-corrected chi connectivity index (χ2v) is 4.34. The fourth-order valence-electron chi connectivity index (χ4n) is 1.32. The predicted octanol–water partition coefficient (Wildman–Crippen LogP) is 1.30. The van der Waals surface area contributed by atoms with E-state index >= 15 is 0 Å². The van der Waals surface area contributed by atoms with Crippen LogP contribution in [0.5, 0.6) is 5.88 Å². The monoisotopic (exact) mass is 265 g/mol. The van der Waals surface area contributed by atoms with E-state index in [1.54, 1.807) is 23.7 Å². The third-order valence-electron chi connectivity index (χ3n) is 2.30. The number of thiazole rings is 1. The molecule has 1 atom stereocenters. The van der Waals surface area contributed by atoms with E-state index in [1.807, 2.05) is 0 Å². The largest absolute Gasteiger partial charge is 0.481 e. The molecule has 2 heterocycles. The van der Waals surface area contributed by atoms with Gasteiger partial charge in [-0.15, -0.1) is 11.3 Å². The number of nitrogens with zero attached hydrogens (tertiary/aromatic N) is 2. The molecule has 0 aromatic carbocycles. The van der Waals surface area contributed by atoms with Crippen molar-refractivity contribution in [2.45, 2.75) is 6.04 Å². The SMILES string of the molecule is COc1ccc(-c2nc(C(N)C(=O)O)cs2)cn1. The number of ether oxygens (including phenoxy) is 1. The van der Waals surface area contributed by atoms with Crippen LogP contribution >= 0.6 is 11.3 Å². The summed E-state index contributed by atoms with van der Waals surface area (Å²) < 4.78 is 4.95. The van der Waals surface area contributed by atoms with Crippen molar-refractivity contribution in [1.29, 1.82) is 0 Å². The number of aliphatic carboxylic acids is 1. The second-order valence-electron chi connectivity index (χ2n) is 3.48. The number of carboxylic acids is 1. The first-order valence-corrected chi connectivity index (χ1v) is 5.94. The molecular formula is C11H11N3O3S. The summed E-state index contributed by atoms with van der Waals surface area (Å²) in [5.41, 5.74) is 6.63. The summed E-state index contributed by atoms with van der Waals surface area (Å²) in [6.45, 7) is 0. The zero-order valence-corrected chi connectivity index (χ0v) is 10.3. The summed E-state index contributed by atoms with van der Waals surface area (Å²) >= 11 is 1.33. The average molecular weight is 265 g/mol. The van der Waals surface area contributed by atoms with Crippen molar-refractivity contribution in [3.63, 3.8) is 0 Å². The molecule has 0 saturated heterocycles. The molecule has 0 aliphatic heterocycles. The van der Waals surface area contributed by atoms with Crippen molar-refractivity contribution in [3.05, 3.63) is 29.4 Å². The number of pyridine rings is 1. The Hall–Kier alpha value is -1.99. The Kier molecular flexibility index (Phi) is 3.54. The topological polar surface area (TPSA) is 98.3 Å². The van der Waals surface area contributed by atoms with E-state index in [-0.39, 0.29) is 0 Å². The van der Waals surface area contributed by atoms with Crippen molar-refractivity contribution < 1.29 is 14.6 Å². The van der Waals surface area contributed by atoms with E-state index in [9.17, 15) is 4.79 Å². The molecule has 0 spiro atoms. The lowest BCUT2D eigenvalue weighted by atomic mass is 10.2. The molecular weight excluding hydrogens is 254 g/mol. The summed E-state index contributed by atoms with van der Waals surface area (Å²) in [4.78, 5) is 19.0. The van der Waals surface area contributed by atoms with E-state index < -0.39 is 12.0 Å². The molecule has 2 aromatic heterocycles. The lowest BCUT2D eigenvalue weighted by Crippen LogP contribution is -2.20. The minimum atomic E-state index is -1.10. The first-order chi connectivity index (χ1) is 8.61. The van der Waals surface area contributed by atoms with Crippen LogP contribution in [0.2, 0.25) is 0 Å². The molecule has 6 nitrogen and oxygen atoms in total. The van der Waals surface area contributed by atoms with E-state index in [2.05, 4.69) is 9.97 Å². The Labute approximate surface area is 107 Å². The van der Waals surface area contributed by atoms with Crippen molar-refractivity contribution >= 4 is 17.3 Å². The molecule has 1 unspecified atom stereocenters. The van der Waals surface area contributed by atoms with Gasteiger partial charge in [0.15, 0.2) is 0 Å². The van der Waals surface area contributed by atoms with Gasteiger partial charge in [0.25, 0.3) is 0 Å². The van der Waals surface area contributed by atoms with E-state index in [0.29, 0.717) is 16.6 Å². The smallest absolute Gasteiger partial charge is 0.326 e. The van der Waals surface area contributed by atoms with Gasteiger partial charge in [0.1, 0.15) is 11.0 Å². The molecule has 0 saturated carbocycles. The van der Waals surface area contributed by atoms with Crippen LogP contribution in [-0.4, -0.2) is 28.2 Å². The molecule has 0 aliphatic carbocycles. The van der Waals surface area contributed by atoms with E-state index in [0.717, 1.165) is 5.56 Å². The summed E-state index contributed by atoms with van der Waals surface area (Å²) in [5.74, 6) is -0.586. The predicted molar refractivity (Wildman–Crippen MR) is 66.5 cm³/mol. The summed E-state index contributed by atoms with van der Waals surface area (Å²) in [6.07, 6.45) is 1.62. The minimum Gasteiger partial charge on any atom is -0.481 e. The van der Waals surface area contributed by atoms with Gasteiger partial charge in [0.2, 0.25) is 5.88 Å². The maximum Gasteiger partial charge on any atom is 0.326 e. The van der Waals surface area contributed by atoms with Gasteiger partial charge in [0, 0.05) is 23.2 Å². The first kappa shape index (κ1) is 12.5. The summed E-state index contributed by atoms with van der Waals surface area (Å²) in [6, 6.07) is 2.43. The van der Waals surface area contributed by atoms with Gasteiger partial charge < -0.3 is 15.6 Å². The van der Waals surface area contributed by atoms with Crippen molar-refractivity contribution in [1.82, 2.24) is 9.97 Å². The molecule has 7 heteroatoms. The van der Waals surface area contributed by atoms with Gasteiger partial charge in [0.05, 0.1) is 12.8 Å². The highest BCUT2D eigenvalue weighted by Crippen LogP contribution is 2.26. The number of carbonyl (C=O) groups is 1. The Bertz CT molecular complexity index is 553.